The SMILES string of the molecule is COc1ccc(Nc2c3ccccc3nc3c(OC)cccc23)cc1NC(=O)Oc1ccc(N(CCCl)CCCl)cc1. The molecular weight excluding hydrogens is 575 g/mol. The zero-order valence-corrected chi connectivity index (χ0v) is 24.7. The fourth-order valence-electron chi connectivity index (χ4n) is 4.76. The van der Waals surface area contributed by atoms with Gasteiger partial charge in [-0.05, 0) is 54.6 Å². The molecule has 0 unspecified atom stereocenters. The van der Waals surface area contributed by atoms with E-state index < -0.39 is 6.09 Å². The van der Waals surface area contributed by atoms with Gasteiger partial charge in [0.25, 0.3) is 0 Å². The molecule has 0 fully saturated rings. The van der Waals surface area contributed by atoms with E-state index in [0.29, 0.717) is 47.8 Å². The molecule has 0 spiro atoms. The fraction of sp³-hybridized carbons (Fsp3) is 0.188. The van der Waals surface area contributed by atoms with Crippen LogP contribution >= 0.6 is 23.2 Å². The van der Waals surface area contributed by atoms with E-state index in [2.05, 4.69) is 15.5 Å². The van der Waals surface area contributed by atoms with Crippen molar-refractivity contribution in [2.45, 2.75) is 0 Å². The minimum absolute atomic E-state index is 0.393. The number of amides is 1. The summed E-state index contributed by atoms with van der Waals surface area (Å²) < 4.78 is 16.6. The van der Waals surface area contributed by atoms with Gasteiger partial charge in [0.1, 0.15) is 22.8 Å². The lowest BCUT2D eigenvalue weighted by Crippen LogP contribution is -2.27. The van der Waals surface area contributed by atoms with Crippen LogP contribution in [0.15, 0.2) is 84.9 Å². The number of ether oxygens (including phenoxy) is 3. The van der Waals surface area contributed by atoms with Crippen molar-refractivity contribution in [2.75, 3.05) is 54.6 Å². The van der Waals surface area contributed by atoms with Crippen LogP contribution in [0.3, 0.4) is 0 Å². The predicted octanol–water partition coefficient (Wildman–Crippen LogP) is 8.04. The summed E-state index contributed by atoms with van der Waals surface area (Å²) in [5.41, 5.74) is 4.56. The standard InChI is InChI=1S/C32H30Cl2N4O4/c1-40-28-15-10-21(35-30-24-6-3-4-8-26(24)36-31-25(30)7-5-9-29(31)41-2)20-27(28)37-32(39)42-23-13-11-22(12-14-23)38(18-16-33)19-17-34/h3-15,20H,16-19H2,1-2H3,(H,35,36)(H,37,39). The van der Waals surface area contributed by atoms with Crippen LogP contribution in [0, 0.1) is 0 Å². The Kier molecular flexibility index (Phi) is 9.36. The normalized spacial score (nSPS) is 10.9. The number of anilines is 4. The highest BCUT2D eigenvalue weighted by Crippen LogP contribution is 2.38. The van der Waals surface area contributed by atoms with Crippen LogP contribution in [0.1, 0.15) is 0 Å². The number of pyridine rings is 1. The van der Waals surface area contributed by atoms with Crippen LogP contribution in [-0.2, 0) is 0 Å². The summed E-state index contributed by atoms with van der Waals surface area (Å²) in [6.45, 7) is 1.33. The molecule has 0 saturated heterocycles. The van der Waals surface area contributed by atoms with E-state index >= 15 is 0 Å². The third kappa shape index (κ3) is 6.40. The van der Waals surface area contributed by atoms with Crippen molar-refractivity contribution in [1.29, 1.82) is 0 Å². The molecule has 0 atom stereocenters. The minimum Gasteiger partial charge on any atom is -0.495 e. The summed E-state index contributed by atoms with van der Waals surface area (Å²) in [6, 6.07) is 26.3. The van der Waals surface area contributed by atoms with Gasteiger partial charge in [-0.25, -0.2) is 9.78 Å². The molecule has 2 N–H and O–H groups in total. The number of methoxy groups -OCH3 is 2. The second-order valence-corrected chi connectivity index (χ2v) is 10.0. The first-order chi connectivity index (χ1) is 20.5. The first-order valence-electron chi connectivity index (χ1n) is 13.3. The third-order valence-corrected chi connectivity index (χ3v) is 7.06. The lowest BCUT2D eigenvalue weighted by molar-refractivity contribution is 0.215. The van der Waals surface area contributed by atoms with E-state index in [0.717, 1.165) is 38.9 Å². The van der Waals surface area contributed by atoms with Crippen LogP contribution in [0.4, 0.5) is 27.5 Å². The van der Waals surface area contributed by atoms with Gasteiger partial charge in [-0.2, -0.15) is 0 Å². The molecule has 0 saturated carbocycles. The lowest BCUT2D eigenvalue weighted by Gasteiger charge is -2.22. The highest BCUT2D eigenvalue weighted by atomic mass is 35.5. The molecule has 4 aromatic carbocycles. The van der Waals surface area contributed by atoms with Crippen molar-refractivity contribution >= 4 is 73.9 Å². The summed E-state index contributed by atoms with van der Waals surface area (Å²) in [5.74, 6) is 2.52. The smallest absolute Gasteiger partial charge is 0.417 e. The van der Waals surface area contributed by atoms with E-state index in [1.54, 1.807) is 38.5 Å². The number of benzene rings is 4. The predicted molar refractivity (Wildman–Crippen MR) is 172 cm³/mol. The van der Waals surface area contributed by atoms with Crippen molar-refractivity contribution in [3.8, 4) is 17.2 Å². The average molecular weight is 606 g/mol. The molecule has 0 aliphatic rings. The maximum atomic E-state index is 12.9. The molecular formula is C32H30Cl2N4O4. The van der Waals surface area contributed by atoms with Gasteiger partial charge in [-0.3, -0.25) is 5.32 Å². The number of nitrogens with zero attached hydrogens (tertiary/aromatic N) is 2. The van der Waals surface area contributed by atoms with Crippen molar-refractivity contribution in [3.05, 3.63) is 84.9 Å². The highest BCUT2D eigenvalue weighted by molar-refractivity contribution is 6.18. The molecule has 42 heavy (non-hydrogen) atoms. The second kappa shape index (κ2) is 13.5. The fourth-order valence-corrected chi connectivity index (χ4v) is 5.16. The number of hydrogen-bond acceptors (Lipinski definition) is 7. The maximum absolute atomic E-state index is 12.9. The monoisotopic (exact) mass is 604 g/mol. The molecule has 5 rings (SSSR count). The van der Waals surface area contributed by atoms with Crippen molar-refractivity contribution in [1.82, 2.24) is 4.98 Å². The highest BCUT2D eigenvalue weighted by Gasteiger charge is 2.15. The van der Waals surface area contributed by atoms with Crippen LogP contribution in [0.5, 0.6) is 17.2 Å². The molecule has 1 amide bonds. The number of hydrogen-bond donors (Lipinski definition) is 2. The molecule has 0 radical (unpaired) electrons. The van der Waals surface area contributed by atoms with E-state index in [1.165, 1.54) is 0 Å². The number of rotatable bonds is 11. The van der Waals surface area contributed by atoms with Crippen LogP contribution < -0.4 is 29.7 Å². The molecule has 0 aliphatic carbocycles. The van der Waals surface area contributed by atoms with Gasteiger partial charge < -0.3 is 24.4 Å². The summed E-state index contributed by atoms with van der Waals surface area (Å²) >= 11 is 11.8. The van der Waals surface area contributed by atoms with Crippen LogP contribution in [0.2, 0.25) is 0 Å². The van der Waals surface area contributed by atoms with E-state index in [9.17, 15) is 4.79 Å². The quantitative estimate of drug-likeness (QED) is 0.116. The van der Waals surface area contributed by atoms with Crippen molar-refractivity contribution in [2.24, 2.45) is 0 Å². The number of carbonyl (C=O) groups excluding carboxylic acids is 1. The van der Waals surface area contributed by atoms with Crippen LogP contribution in [-0.4, -0.2) is 50.1 Å². The number of aromatic nitrogens is 1. The summed E-state index contributed by atoms with van der Waals surface area (Å²) in [7, 11) is 3.17. The largest absolute Gasteiger partial charge is 0.495 e. The maximum Gasteiger partial charge on any atom is 0.417 e. The topological polar surface area (TPSA) is 84.9 Å². The molecule has 1 heterocycles. The Morgan fingerprint density at radius 2 is 1.55 bits per heavy atom. The van der Waals surface area contributed by atoms with E-state index in [1.807, 2.05) is 60.7 Å². The van der Waals surface area contributed by atoms with E-state index in [4.69, 9.17) is 42.4 Å². The van der Waals surface area contributed by atoms with Gasteiger partial charge in [0.05, 0.1) is 31.1 Å². The molecule has 0 bridgehead atoms. The number of alkyl halides is 2. The Labute approximate surface area is 254 Å². The van der Waals surface area contributed by atoms with Crippen molar-refractivity contribution < 1.29 is 19.0 Å². The summed E-state index contributed by atoms with van der Waals surface area (Å²) in [6.07, 6.45) is -0.652. The number of fused-ring (bicyclic) bond motifs is 2. The van der Waals surface area contributed by atoms with Gasteiger partial charge in [-0.1, -0.05) is 30.3 Å². The Morgan fingerprint density at radius 3 is 2.26 bits per heavy atom. The zero-order valence-electron chi connectivity index (χ0n) is 23.2. The third-order valence-electron chi connectivity index (χ3n) is 6.72. The van der Waals surface area contributed by atoms with Crippen molar-refractivity contribution in [3.63, 3.8) is 0 Å². The molecule has 5 aromatic rings. The molecule has 8 nitrogen and oxygen atoms in total. The van der Waals surface area contributed by atoms with Gasteiger partial charge in [0.15, 0.2) is 0 Å². The number of halogens is 2. The zero-order chi connectivity index (χ0) is 29.5. The lowest BCUT2D eigenvalue weighted by atomic mass is 10.1. The van der Waals surface area contributed by atoms with Gasteiger partial charge in [0.2, 0.25) is 0 Å². The minimum atomic E-state index is -0.652. The Morgan fingerprint density at radius 1 is 0.833 bits per heavy atom. The first kappa shape index (κ1) is 29.1. The summed E-state index contributed by atoms with van der Waals surface area (Å²) in [5, 5.41) is 8.18. The molecule has 216 valence electrons. The first-order valence-corrected chi connectivity index (χ1v) is 14.4. The van der Waals surface area contributed by atoms with Gasteiger partial charge in [0, 0.05) is 47.0 Å². The average Bonchev–Trinajstić information content (AvgIpc) is 3.01. The van der Waals surface area contributed by atoms with Gasteiger partial charge >= 0.3 is 6.09 Å². The number of para-hydroxylation sites is 2. The van der Waals surface area contributed by atoms with Crippen LogP contribution in [0.25, 0.3) is 21.8 Å². The Bertz CT molecular complexity index is 1690. The number of nitrogens with one attached hydrogen (secondary N) is 2. The molecule has 10 heteroatoms. The Hall–Kier alpha value is -4.40. The molecule has 1 aromatic heterocycles. The second-order valence-electron chi connectivity index (χ2n) is 9.27. The molecule has 0 aliphatic heterocycles. The van der Waals surface area contributed by atoms with E-state index in [-0.39, 0.29) is 0 Å². The Balaban J connectivity index is 1.39. The number of carbonyl (C=O) groups is 1. The summed E-state index contributed by atoms with van der Waals surface area (Å²) in [4.78, 5) is 19.8. The van der Waals surface area contributed by atoms with Gasteiger partial charge in [-0.15, -0.1) is 23.2 Å².